The molecule has 0 unspecified atom stereocenters. The Morgan fingerprint density at radius 1 is 1.25 bits per heavy atom. The zero-order chi connectivity index (χ0) is 14.8. The van der Waals surface area contributed by atoms with Gasteiger partial charge in [0, 0.05) is 13.1 Å². The molecule has 1 heterocycles. The van der Waals surface area contributed by atoms with Crippen LogP contribution in [0.15, 0.2) is 35.5 Å². The third-order valence-corrected chi connectivity index (χ3v) is 4.64. The zero-order valence-electron chi connectivity index (χ0n) is 10.7. The monoisotopic (exact) mass is 301 g/mol. The molecular weight excluding hydrogens is 288 g/mol. The standard InChI is InChI=1S/C12H13F2N3O2S/c1-2-17(20(18,19)12-5-6-15-16-12)8-9-3-4-10(13)11(14)7-9/h3-7H,2,8H2,1H3,(H,15,16). The van der Waals surface area contributed by atoms with Gasteiger partial charge in [-0.05, 0) is 23.8 Å². The van der Waals surface area contributed by atoms with Crippen LogP contribution in [0.1, 0.15) is 12.5 Å². The summed E-state index contributed by atoms with van der Waals surface area (Å²) in [5.41, 5.74) is 0.369. The second kappa shape index (κ2) is 5.68. The van der Waals surface area contributed by atoms with E-state index in [-0.39, 0.29) is 18.1 Å². The van der Waals surface area contributed by atoms with Gasteiger partial charge in [0.25, 0.3) is 10.0 Å². The Hall–Kier alpha value is -1.80. The number of aromatic amines is 1. The van der Waals surface area contributed by atoms with Gasteiger partial charge in [-0.2, -0.15) is 9.40 Å². The average Bonchev–Trinajstić information content (AvgIpc) is 2.94. The molecule has 8 heteroatoms. The third kappa shape index (κ3) is 2.86. The van der Waals surface area contributed by atoms with E-state index >= 15 is 0 Å². The number of nitrogens with zero attached hydrogens (tertiary/aromatic N) is 2. The van der Waals surface area contributed by atoms with E-state index < -0.39 is 21.7 Å². The molecule has 2 rings (SSSR count). The number of hydrogen-bond donors (Lipinski definition) is 1. The first kappa shape index (κ1) is 14.6. The van der Waals surface area contributed by atoms with Gasteiger partial charge in [0.1, 0.15) is 0 Å². The molecule has 0 aliphatic carbocycles. The Morgan fingerprint density at radius 3 is 2.55 bits per heavy atom. The molecule has 0 aliphatic rings. The maximum Gasteiger partial charge on any atom is 0.260 e. The van der Waals surface area contributed by atoms with Crippen LogP contribution >= 0.6 is 0 Å². The molecule has 1 aromatic heterocycles. The lowest BCUT2D eigenvalue weighted by atomic mass is 10.2. The van der Waals surface area contributed by atoms with Crippen molar-refractivity contribution >= 4 is 10.0 Å². The molecule has 5 nitrogen and oxygen atoms in total. The van der Waals surface area contributed by atoms with Crippen LogP contribution < -0.4 is 0 Å². The summed E-state index contributed by atoms with van der Waals surface area (Å²) in [7, 11) is -3.73. The normalized spacial score (nSPS) is 12.0. The van der Waals surface area contributed by atoms with Crippen molar-refractivity contribution in [2.24, 2.45) is 0 Å². The summed E-state index contributed by atoms with van der Waals surface area (Å²) in [5.74, 6) is -1.97. The quantitative estimate of drug-likeness (QED) is 0.917. The molecule has 0 bridgehead atoms. The number of sulfonamides is 1. The van der Waals surface area contributed by atoms with Crippen molar-refractivity contribution < 1.29 is 17.2 Å². The lowest BCUT2D eigenvalue weighted by molar-refractivity contribution is 0.418. The van der Waals surface area contributed by atoms with Gasteiger partial charge in [0.15, 0.2) is 16.7 Å². The van der Waals surface area contributed by atoms with Gasteiger partial charge in [0.05, 0.1) is 6.20 Å². The Labute approximate surface area is 115 Å². The highest BCUT2D eigenvalue weighted by molar-refractivity contribution is 7.89. The molecule has 0 spiro atoms. The van der Waals surface area contributed by atoms with Crippen LogP contribution in [0.2, 0.25) is 0 Å². The minimum absolute atomic E-state index is 0.0399. The molecular formula is C12H13F2N3O2S. The summed E-state index contributed by atoms with van der Waals surface area (Å²) >= 11 is 0. The summed E-state index contributed by atoms with van der Waals surface area (Å²) in [4.78, 5) is 0. The van der Waals surface area contributed by atoms with E-state index in [2.05, 4.69) is 10.2 Å². The van der Waals surface area contributed by atoms with Crippen LogP contribution in [0, 0.1) is 11.6 Å². The van der Waals surface area contributed by atoms with Gasteiger partial charge in [-0.25, -0.2) is 17.2 Å². The van der Waals surface area contributed by atoms with E-state index in [9.17, 15) is 17.2 Å². The summed E-state index contributed by atoms with van der Waals surface area (Å²) in [6, 6.07) is 4.65. The third-order valence-electron chi connectivity index (χ3n) is 2.79. The summed E-state index contributed by atoms with van der Waals surface area (Å²) in [6.45, 7) is 1.81. The van der Waals surface area contributed by atoms with Gasteiger partial charge in [-0.15, -0.1) is 0 Å². The average molecular weight is 301 g/mol. The largest absolute Gasteiger partial charge is 0.266 e. The second-order valence-corrected chi connectivity index (χ2v) is 6.01. The molecule has 1 N–H and O–H groups in total. The highest BCUT2D eigenvalue weighted by Crippen LogP contribution is 2.17. The molecule has 0 radical (unpaired) electrons. The fourth-order valence-corrected chi connectivity index (χ4v) is 3.07. The lowest BCUT2D eigenvalue weighted by Gasteiger charge is -2.19. The summed E-state index contributed by atoms with van der Waals surface area (Å²) in [6.07, 6.45) is 1.33. The van der Waals surface area contributed by atoms with Gasteiger partial charge in [-0.1, -0.05) is 13.0 Å². The number of H-pyrrole nitrogens is 1. The lowest BCUT2D eigenvalue weighted by Crippen LogP contribution is -2.30. The molecule has 0 saturated carbocycles. The van der Waals surface area contributed by atoms with E-state index in [4.69, 9.17) is 0 Å². The second-order valence-electron chi connectivity index (χ2n) is 4.10. The number of rotatable bonds is 5. The van der Waals surface area contributed by atoms with Crippen LogP contribution in [-0.4, -0.2) is 29.5 Å². The van der Waals surface area contributed by atoms with E-state index in [1.165, 1.54) is 18.3 Å². The zero-order valence-corrected chi connectivity index (χ0v) is 11.5. The predicted molar refractivity (Wildman–Crippen MR) is 68.2 cm³/mol. The molecule has 0 amide bonds. The van der Waals surface area contributed by atoms with Crippen LogP contribution in [0.5, 0.6) is 0 Å². The number of nitrogens with one attached hydrogen (secondary N) is 1. The van der Waals surface area contributed by atoms with Crippen molar-refractivity contribution in [3.63, 3.8) is 0 Å². The molecule has 108 valence electrons. The fraction of sp³-hybridized carbons (Fsp3) is 0.250. The van der Waals surface area contributed by atoms with Crippen molar-refractivity contribution in [3.8, 4) is 0 Å². The van der Waals surface area contributed by atoms with Gasteiger partial charge >= 0.3 is 0 Å². The number of halogens is 2. The Bertz CT molecular complexity index is 687. The number of aromatic nitrogens is 2. The smallest absolute Gasteiger partial charge is 0.260 e. The highest BCUT2D eigenvalue weighted by atomic mass is 32.2. The molecule has 20 heavy (non-hydrogen) atoms. The molecule has 0 fully saturated rings. The fourth-order valence-electron chi connectivity index (χ4n) is 1.73. The first-order valence-corrected chi connectivity index (χ1v) is 7.32. The Kier molecular flexibility index (Phi) is 4.15. The maximum absolute atomic E-state index is 13.1. The molecule has 0 aliphatic heterocycles. The first-order chi connectivity index (χ1) is 9.45. The molecule has 2 aromatic rings. The van der Waals surface area contributed by atoms with E-state index in [1.54, 1.807) is 6.92 Å². The van der Waals surface area contributed by atoms with Crippen LogP contribution in [0.4, 0.5) is 8.78 Å². The molecule has 1 aromatic carbocycles. The van der Waals surface area contributed by atoms with Gasteiger partial charge in [-0.3, -0.25) is 5.10 Å². The molecule has 0 saturated heterocycles. The van der Waals surface area contributed by atoms with E-state index in [0.29, 0.717) is 5.56 Å². The van der Waals surface area contributed by atoms with Crippen molar-refractivity contribution in [1.82, 2.24) is 14.5 Å². The summed E-state index contributed by atoms with van der Waals surface area (Å²) in [5, 5.41) is 5.94. The maximum atomic E-state index is 13.1. The van der Waals surface area contributed by atoms with E-state index in [1.807, 2.05) is 0 Å². The Morgan fingerprint density at radius 2 is 2.00 bits per heavy atom. The number of benzene rings is 1. The SMILES string of the molecule is CCN(Cc1ccc(F)c(F)c1)S(=O)(=O)c1ccn[nH]1. The van der Waals surface area contributed by atoms with Crippen molar-refractivity contribution in [2.45, 2.75) is 18.5 Å². The van der Waals surface area contributed by atoms with Crippen LogP contribution in [-0.2, 0) is 16.6 Å². The minimum Gasteiger partial charge on any atom is -0.266 e. The molecule has 0 atom stereocenters. The van der Waals surface area contributed by atoms with Crippen LogP contribution in [0.25, 0.3) is 0 Å². The van der Waals surface area contributed by atoms with Crippen LogP contribution in [0.3, 0.4) is 0 Å². The van der Waals surface area contributed by atoms with Crippen molar-refractivity contribution in [1.29, 1.82) is 0 Å². The topological polar surface area (TPSA) is 66.1 Å². The van der Waals surface area contributed by atoms with Crippen molar-refractivity contribution in [3.05, 3.63) is 47.7 Å². The summed E-state index contributed by atoms with van der Waals surface area (Å²) < 4.78 is 51.7. The minimum atomic E-state index is -3.73. The van der Waals surface area contributed by atoms with Gasteiger partial charge < -0.3 is 0 Å². The van der Waals surface area contributed by atoms with E-state index in [0.717, 1.165) is 16.4 Å². The highest BCUT2D eigenvalue weighted by Gasteiger charge is 2.24. The number of hydrogen-bond acceptors (Lipinski definition) is 3. The van der Waals surface area contributed by atoms with Gasteiger partial charge in [0.2, 0.25) is 0 Å². The first-order valence-electron chi connectivity index (χ1n) is 5.88. The van der Waals surface area contributed by atoms with Crippen molar-refractivity contribution in [2.75, 3.05) is 6.54 Å². The predicted octanol–water partition coefficient (Wildman–Crippen LogP) is 1.90. The Balaban J connectivity index is 2.27.